The van der Waals surface area contributed by atoms with E-state index in [4.69, 9.17) is 0 Å². The molecule has 4 saturated carbocycles. The van der Waals surface area contributed by atoms with Crippen molar-refractivity contribution in [2.24, 2.45) is 29.6 Å². The Balaban J connectivity index is 1.49. The van der Waals surface area contributed by atoms with Gasteiger partial charge in [0.2, 0.25) is 11.8 Å². The molecule has 0 saturated heterocycles. The molecular weight excluding hydrogens is 448 g/mol. The zero-order valence-corrected chi connectivity index (χ0v) is 23.4. The van der Waals surface area contributed by atoms with E-state index in [0.717, 1.165) is 38.5 Å². The van der Waals surface area contributed by atoms with Crippen molar-refractivity contribution in [3.8, 4) is 0 Å². The van der Waals surface area contributed by atoms with E-state index in [1.807, 2.05) is 23.9 Å². The van der Waals surface area contributed by atoms with Gasteiger partial charge in [-0.2, -0.15) is 0 Å². The van der Waals surface area contributed by atoms with E-state index in [1.54, 1.807) is 0 Å². The number of amides is 2. The SMILES string of the molecule is CC(C(=O)C1CC(C(=O)N(C)C2CCCCC2)CC(C(=O)N(C)C2CCCCC2)C1)C1CCCCC1. The van der Waals surface area contributed by atoms with Crippen molar-refractivity contribution in [1.29, 1.82) is 0 Å². The third-order valence-corrected chi connectivity index (χ3v) is 10.6. The monoisotopic (exact) mass is 500 g/mol. The molecule has 5 nitrogen and oxygen atoms in total. The van der Waals surface area contributed by atoms with Gasteiger partial charge in [0.15, 0.2) is 0 Å². The molecule has 0 bridgehead atoms. The summed E-state index contributed by atoms with van der Waals surface area (Å²) in [5.74, 6) is 0.665. The summed E-state index contributed by atoms with van der Waals surface area (Å²) in [5, 5.41) is 0. The fraction of sp³-hybridized carbons (Fsp3) is 0.903. The molecule has 204 valence electrons. The van der Waals surface area contributed by atoms with Crippen LogP contribution in [0.5, 0.6) is 0 Å². The molecule has 4 aliphatic rings. The fourth-order valence-electron chi connectivity index (χ4n) is 8.07. The van der Waals surface area contributed by atoms with Gasteiger partial charge in [0.1, 0.15) is 5.78 Å². The lowest BCUT2D eigenvalue weighted by atomic mass is 9.68. The second kappa shape index (κ2) is 12.9. The highest BCUT2D eigenvalue weighted by molar-refractivity contribution is 5.88. The third kappa shape index (κ3) is 6.54. The Kier molecular flexibility index (Phi) is 9.91. The van der Waals surface area contributed by atoms with Gasteiger partial charge in [-0.15, -0.1) is 0 Å². The standard InChI is InChI=1S/C31H52N2O3/c1-22(23-13-7-4-8-14-23)29(34)24-19-25(30(35)32(2)27-15-9-5-10-16-27)21-26(20-24)31(36)33(3)28-17-11-6-12-18-28/h22-28H,4-21H2,1-3H3. The quantitative estimate of drug-likeness (QED) is 0.407. The van der Waals surface area contributed by atoms with Crippen molar-refractivity contribution in [2.45, 2.75) is 135 Å². The first kappa shape index (κ1) is 27.6. The highest BCUT2D eigenvalue weighted by Gasteiger charge is 2.43. The number of ketones is 1. The predicted octanol–water partition coefficient (Wildman–Crippen LogP) is 6.39. The summed E-state index contributed by atoms with van der Waals surface area (Å²) >= 11 is 0. The molecule has 2 amide bonds. The highest BCUT2D eigenvalue weighted by atomic mass is 16.2. The molecule has 4 rings (SSSR count). The van der Waals surface area contributed by atoms with Crippen molar-refractivity contribution in [3.05, 3.63) is 0 Å². The molecule has 0 aromatic rings. The lowest BCUT2D eigenvalue weighted by molar-refractivity contribution is -0.146. The van der Waals surface area contributed by atoms with Crippen molar-refractivity contribution in [2.75, 3.05) is 14.1 Å². The maximum absolute atomic E-state index is 13.8. The number of carbonyl (C=O) groups is 3. The van der Waals surface area contributed by atoms with E-state index >= 15 is 0 Å². The molecule has 0 aromatic carbocycles. The van der Waals surface area contributed by atoms with Gasteiger partial charge in [0.25, 0.3) is 0 Å². The van der Waals surface area contributed by atoms with Gasteiger partial charge >= 0.3 is 0 Å². The summed E-state index contributed by atoms with van der Waals surface area (Å²) in [7, 11) is 3.94. The minimum absolute atomic E-state index is 0.0482. The number of hydrogen-bond donors (Lipinski definition) is 0. The molecule has 3 atom stereocenters. The van der Waals surface area contributed by atoms with E-state index in [0.29, 0.717) is 43.0 Å². The summed E-state index contributed by atoms with van der Waals surface area (Å²) in [6.45, 7) is 2.13. The van der Waals surface area contributed by atoms with Crippen molar-refractivity contribution in [1.82, 2.24) is 9.80 Å². The van der Waals surface area contributed by atoms with E-state index in [9.17, 15) is 14.4 Å². The molecule has 4 aliphatic carbocycles. The maximum atomic E-state index is 13.8. The molecule has 0 heterocycles. The summed E-state index contributed by atoms with van der Waals surface area (Å²) in [5.41, 5.74) is 0. The molecule has 0 spiro atoms. The van der Waals surface area contributed by atoms with Crippen LogP contribution in [0.1, 0.15) is 122 Å². The van der Waals surface area contributed by atoms with Gasteiger partial charge < -0.3 is 9.80 Å². The van der Waals surface area contributed by atoms with E-state index in [2.05, 4.69) is 6.92 Å². The summed E-state index contributed by atoms with van der Waals surface area (Å²) in [4.78, 5) is 45.3. The maximum Gasteiger partial charge on any atom is 0.225 e. The first-order valence-corrected chi connectivity index (χ1v) is 15.4. The topological polar surface area (TPSA) is 57.7 Å². The normalized spacial score (nSPS) is 29.9. The van der Waals surface area contributed by atoms with Crippen LogP contribution < -0.4 is 0 Å². The van der Waals surface area contributed by atoms with E-state index in [-0.39, 0.29) is 35.5 Å². The van der Waals surface area contributed by atoms with E-state index in [1.165, 1.54) is 57.8 Å². The Labute approximate surface area is 220 Å². The first-order chi connectivity index (χ1) is 17.4. The first-order valence-electron chi connectivity index (χ1n) is 15.4. The summed E-state index contributed by atoms with van der Waals surface area (Å²) in [6, 6.07) is 0.644. The largest absolute Gasteiger partial charge is 0.343 e. The van der Waals surface area contributed by atoms with Crippen LogP contribution >= 0.6 is 0 Å². The molecule has 36 heavy (non-hydrogen) atoms. The molecule has 0 aliphatic heterocycles. The van der Waals surface area contributed by atoms with Gasteiger partial charge in [-0.3, -0.25) is 14.4 Å². The van der Waals surface area contributed by atoms with Crippen molar-refractivity contribution >= 4 is 17.6 Å². The summed E-state index contributed by atoms with van der Waals surface area (Å²) in [6.07, 6.45) is 19.6. The predicted molar refractivity (Wildman–Crippen MR) is 144 cm³/mol. The van der Waals surface area contributed by atoms with Crippen molar-refractivity contribution < 1.29 is 14.4 Å². The van der Waals surface area contributed by atoms with Crippen LogP contribution in [0.4, 0.5) is 0 Å². The Morgan fingerprint density at radius 1 is 0.556 bits per heavy atom. The smallest absolute Gasteiger partial charge is 0.225 e. The number of nitrogens with zero attached hydrogens (tertiary/aromatic N) is 2. The van der Waals surface area contributed by atoms with Gasteiger partial charge in [-0.05, 0) is 63.7 Å². The Morgan fingerprint density at radius 3 is 1.33 bits per heavy atom. The van der Waals surface area contributed by atoms with Crippen LogP contribution in [0.2, 0.25) is 0 Å². The Bertz CT molecular complexity index is 643. The van der Waals surface area contributed by atoms with Gasteiger partial charge in [0, 0.05) is 49.9 Å². The molecule has 3 unspecified atom stereocenters. The number of hydrogen-bond acceptors (Lipinski definition) is 3. The van der Waals surface area contributed by atoms with Crippen LogP contribution in [0, 0.1) is 29.6 Å². The van der Waals surface area contributed by atoms with Gasteiger partial charge in [0.05, 0.1) is 0 Å². The lowest BCUT2D eigenvalue weighted by Gasteiger charge is -2.41. The minimum atomic E-state index is -0.202. The Morgan fingerprint density at radius 2 is 0.917 bits per heavy atom. The number of Topliss-reactive ketones (excluding diaryl/α,β-unsaturated/α-hetero) is 1. The second-order valence-corrected chi connectivity index (χ2v) is 12.9. The third-order valence-electron chi connectivity index (χ3n) is 10.6. The molecule has 0 aromatic heterocycles. The van der Waals surface area contributed by atoms with Crippen LogP contribution in [0.15, 0.2) is 0 Å². The second-order valence-electron chi connectivity index (χ2n) is 12.9. The molecule has 5 heteroatoms. The van der Waals surface area contributed by atoms with Crippen LogP contribution in [-0.2, 0) is 14.4 Å². The average Bonchev–Trinajstić information content (AvgIpc) is 2.95. The molecule has 0 N–H and O–H groups in total. The molecular formula is C31H52N2O3. The van der Waals surface area contributed by atoms with Crippen LogP contribution in [-0.4, -0.2) is 53.6 Å². The molecule has 4 fully saturated rings. The van der Waals surface area contributed by atoms with Crippen molar-refractivity contribution in [3.63, 3.8) is 0 Å². The highest BCUT2D eigenvalue weighted by Crippen LogP contribution is 2.41. The van der Waals surface area contributed by atoms with Gasteiger partial charge in [-0.1, -0.05) is 64.7 Å². The average molecular weight is 501 g/mol. The molecule has 0 radical (unpaired) electrons. The van der Waals surface area contributed by atoms with Gasteiger partial charge in [-0.25, -0.2) is 0 Å². The Hall–Kier alpha value is -1.39. The van der Waals surface area contributed by atoms with Crippen LogP contribution in [0.3, 0.4) is 0 Å². The number of rotatable bonds is 7. The zero-order valence-electron chi connectivity index (χ0n) is 23.4. The number of carbonyl (C=O) groups excluding carboxylic acids is 3. The summed E-state index contributed by atoms with van der Waals surface area (Å²) < 4.78 is 0. The fourth-order valence-corrected chi connectivity index (χ4v) is 8.07. The minimum Gasteiger partial charge on any atom is -0.343 e. The van der Waals surface area contributed by atoms with E-state index < -0.39 is 0 Å². The lowest BCUT2D eigenvalue weighted by Crippen LogP contribution is -2.48. The van der Waals surface area contributed by atoms with Crippen LogP contribution in [0.25, 0.3) is 0 Å². The zero-order chi connectivity index (χ0) is 25.7.